The molecule has 39 heavy (non-hydrogen) atoms. The van der Waals surface area contributed by atoms with Gasteiger partial charge in [0.25, 0.3) is 11.8 Å². The van der Waals surface area contributed by atoms with Crippen LogP contribution < -0.4 is 20.7 Å². The van der Waals surface area contributed by atoms with E-state index in [1.807, 2.05) is 13.8 Å². The number of rotatable bonds is 16. The van der Waals surface area contributed by atoms with E-state index in [2.05, 4.69) is 16.0 Å². The molecule has 11 nitrogen and oxygen atoms in total. The minimum atomic E-state index is -0.700. The predicted octanol–water partition coefficient (Wildman–Crippen LogP) is 1.82. The van der Waals surface area contributed by atoms with Crippen LogP contribution in [0.2, 0.25) is 0 Å². The summed E-state index contributed by atoms with van der Waals surface area (Å²) >= 11 is 0. The Kier molecular flexibility index (Phi) is 11.7. The molecule has 5 amide bonds. The lowest BCUT2D eigenvalue weighted by molar-refractivity contribution is -0.137. The van der Waals surface area contributed by atoms with Crippen molar-refractivity contribution in [3.8, 4) is 5.75 Å². The number of nitrogens with zero attached hydrogens (tertiary/aromatic N) is 1. The average molecular weight is 545 g/mol. The van der Waals surface area contributed by atoms with Crippen molar-refractivity contribution in [2.24, 2.45) is 0 Å². The van der Waals surface area contributed by atoms with Crippen LogP contribution in [0.25, 0.3) is 0 Å². The number of carbonyl (C=O) groups is 5. The van der Waals surface area contributed by atoms with Gasteiger partial charge in [-0.3, -0.25) is 29.3 Å². The summed E-state index contributed by atoms with van der Waals surface area (Å²) in [6.07, 6.45) is 6.49. The summed E-state index contributed by atoms with van der Waals surface area (Å²) in [4.78, 5) is 61.9. The number of fused-ring (bicyclic) bond motifs is 1. The second-order valence-corrected chi connectivity index (χ2v) is 10.2. The summed E-state index contributed by atoms with van der Waals surface area (Å²) in [6.45, 7) is 5.13. The smallest absolute Gasteiger partial charge is 0.257 e. The number of carbonyl (C=O) groups excluding carboxylic acids is 5. The maximum absolute atomic E-state index is 12.9. The molecule has 0 saturated carbocycles. The molecule has 1 fully saturated rings. The number of piperidine rings is 1. The number of nitrogens with one attached hydrogen (secondary N) is 3. The van der Waals surface area contributed by atoms with Gasteiger partial charge in [-0.2, -0.15) is 0 Å². The fraction of sp³-hybridized carbons (Fsp3) is 0.607. The lowest BCUT2D eigenvalue weighted by Crippen LogP contribution is -2.52. The topological polar surface area (TPSA) is 143 Å². The number of unbranched alkanes of at least 4 members (excludes halogenated alkanes) is 5. The van der Waals surface area contributed by atoms with Crippen molar-refractivity contribution in [3.63, 3.8) is 0 Å². The van der Waals surface area contributed by atoms with Crippen LogP contribution in [0.3, 0.4) is 0 Å². The van der Waals surface area contributed by atoms with Gasteiger partial charge in [0.15, 0.2) is 6.61 Å². The zero-order valence-corrected chi connectivity index (χ0v) is 22.9. The summed E-state index contributed by atoms with van der Waals surface area (Å²) in [7, 11) is 0. The van der Waals surface area contributed by atoms with Crippen LogP contribution in [0.5, 0.6) is 5.75 Å². The van der Waals surface area contributed by atoms with Gasteiger partial charge in [-0.15, -0.1) is 0 Å². The van der Waals surface area contributed by atoms with E-state index >= 15 is 0 Å². The van der Waals surface area contributed by atoms with Crippen LogP contribution in [0.15, 0.2) is 18.2 Å². The molecule has 1 saturated heterocycles. The summed E-state index contributed by atoms with van der Waals surface area (Å²) < 4.78 is 11.0. The second-order valence-electron chi connectivity index (χ2n) is 10.2. The molecule has 0 aromatic heterocycles. The molecule has 3 rings (SSSR count). The molecular formula is C28H40N4O7. The van der Waals surface area contributed by atoms with Gasteiger partial charge >= 0.3 is 0 Å². The SMILES string of the molecule is CC(C)OCC(=O)NCCCCCCCCNC(=O)COc1cccc2c1CN(C1CCC(=O)NC1=O)C2=O. The Bertz CT molecular complexity index is 1040. The first-order chi connectivity index (χ1) is 18.8. The molecule has 1 aromatic carbocycles. The van der Waals surface area contributed by atoms with Gasteiger partial charge in [0.1, 0.15) is 18.4 Å². The first-order valence-corrected chi connectivity index (χ1v) is 13.8. The van der Waals surface area contributed by atoms with Crippen molar-refractivity contribution >= 4 is 29.5 Å². The van der Waals surface area contributed by atoms with E-state index in [4.69, 9.17) is 9.47 Å². The maximum atomic E-state index is 12.9. The standard InChI is InChI=1S/C28H40N4O7/c1-19(2)38-17-25(34)29-14-7-5-3-4-6-8-15-30-26(35)18-39-23-11-9-10-20-21(23)16-32(28(20)37)22-12-13-24(33)31-27(22)36/h9-11,19,22H,3-8,12-18H2,1-2H3,(H,29,34)(H,30,35)(H,31,33,36). The molecule has 1 atom stereocenters. The molecule has 214 valence electrons. The van der Waals surface area contributed by atoms with Gasteiger partial charge in [0.05, 0.1) is 12.6 Å². The fourth-order valence-corrected chi connectivity index (χ4v) is 4.59. The van der Waals surface area contributed by atoms with Crippen molar-refractivity contribution in [1.29, 1.82) is 0 Å². The normalized spacial score (nSPS) is 16.7. The van der Waals surface area contributed by atoms with Gasteiger partial charge in [0.2, 0.25) is 17.7 Å². The van der Waals surface area contributed by atoms with Gasteiger partial charge in [-0.1, -0.05) is 31.7 Å². The molecule has 2 aliphatic rings. The number of amides is 5. The minimum absolute atomic E-state index is 0.0458. The quantitative estimate of drug-likeness (QED) is 0.213. The average Bonchev–Trinajstić information content (AvgIpc) is 3.23. The van der Waals surface area contributed by atoms with E-state index in [0.29, 0.717) is 30.0 Å². The highest BCUT2D eigenvalue weighted by molar-refractivity contribution is 6.05. The lowest BCUT2D eigenvalue weighted by atomic mass is 10.0. The van der Waals surface area contributed by atoms with E-state index in [1.54, 1.807) is 18.2 Å². The molecule has 1 aromatic rings. The summed E-state index contributed by atoms with van der Waals surface area (Å²) in [5.74, 6) is -0.962. The summed E-state index contributed by atoms with van der Waals surface area (Å²) in [5.41, 5.74) is 1.09. The molecule has 11 heteroatoms. The molecular weight excluding hydrogens is 504 g/mol. The highest BCUT2D eigenvalue weighted by Crippen LogP contribution is 2.33. The number of benzene rings is 1. The lowest BCUT2D eigenvalue weighted by Gasteiger charge is -2.29. The zero-order chi connectivity index (χ0) is 28.2. The van der Waals surface area contributed by atoms with Crippen LogP contribution >= 0.6 is 0 Å². The van der Waals surface area contributed by atoms with Crippen molar-refractivity contribution in [2.75, 3.05) is 26.3 Å². The van der Waals surface area contributed by atoms with Gasteiger partial charge in [-0.05, 0) is 45.2 Å². The molecule has 1 unspecified atom stereocenters. The third-order valence-electron chi connectivity index (χ3n) is 6.69. The van der Waals surface area contributed by atoms with Gasteiger partial charge in [-0.25, -0.2) is 0 Å². The molecule has 3 N–H and O–H groups in total. The minimum Gasteiger partial charge on any atom is -0.483 e. The number of ether oxygens (including phenoxy) is 2. The van der Waals surface area contributed by atoms with Crippen molar-refractivity contribution < 1.29 is 33.4 Å². The first kappa shape index (κ1) is 30.1. The third kappa shape index (κ3) is 9.35. The number of hydrogen-bond acceptors (Lipinski definition) is 7. The van der Waals surface area contributed by atoms with E-state index in [0.717, 1.165) is 38.5 Å². The number of imide groups is 1. The Labute approximate surface area is 229 Å². The predicted molar refractivity (Wildman–Crippen MR) is 143 cm³/mol. The van der Waals surface area contributed by atoms with Crippen LogP contribution in [0, 0.1) is 0 Å². The highest BCUT2D eigenvalue weighted by Gasteiger charge is 2.40. The van der Waals surface area contributed by atoms with Crippen molar-refractivity contribution in [1.82, 2.24) is 20.9 Å². The van der Waals surface area contributed by atoms with Gasteiger partial charge < -0.3 is 25.0 Å². The highest BCUT2D eigenvalue weighted by atomic mass is 16.5. The maximum Gasteiger partial charge on any atom is 0.257 e. The Morgan fingerprint density at radius 1 is 0.974 bits per heavy atom. The van der Waals surface area contributed by atoms with Crippen molar-refractivity contribution in [3.05, 3.63) is 29.3 Å². The molecule has 0 radical (unpaired) electrons. The Hall–Kier alpha value is -3.47. The van der Waals surface area contributed by atoms with Crippen LogP contribution in [-0.4, -0.2) is 72.9 Å². The summed E-state index contributed by atoms with van der Waals surface area (Å²) in [5, 5.41) is 8.00. The van der Waals surface area contributed by atoms with Crippen LogP contribution in [0.4, 0.5) is 0 Å². The monoisotopic (exact) mass is 544 g/mol. The Morgan fingerprint density at radius 2 is 1.62 bits per heavy atom. The van der Waals surface area contributed by atoms with Gasteiger partial charge in [0, 0.05) is 30.6 Å². The Balaban J connectivity index is 1.27. The Morgan fingerprint density at radius 3 is 2.26 bits per heavy atom. The fourth-order valence-electron chi connectivity index (χ4n) is 4.59. The molecule has 0 aliphatic carbocycles. The summed E-state index contributed by atoms with van der Waals surface area (Å²) in [6, 6.07) is 4.37. The molecule has 0 bridgehead atoms. The van der Waals surface area contributed by atoms with E-state index in [9.17, 15) is 24.0 Å². The molecule has 2 heterocycles. The molecule has 0 spiro atoms. The molecule has 2 aliphatic heterocycles. The van der Waals surface area contributed by atoms with E-state index in [-0.39, 0.29) is 62.3 Å². The largest absolute Gasteiger partial charge is 0.483 e. The van der Waals surface area contributed by atoms with E-state index < -0.39 is 11.9 Å². The van der Waals surface area contributed by atoms with Crippen LogP contribution in [0.1, 0.15) is 81.1 Å². The number of hydrogen-bond donors (Lipinski definition) is 3. The second kappa shape index (κ2) is 15.2. The van der Waals surface area contributed by atoms with Crippen molar-refractivity contribution in [2.45, 2.75) is 83.9 Å². The zero-order valence-electron chi connectivity index (χ0n) is 22.9. The third-order valence-corrected chi connectivity index (χ3v) is 6.69. The van der Waals surface area contributed by atoms with E-state index in [1.165, 1.54) is 4.90 Å². The first-order valence-electron chi connectivity index (χ1n) is 13.8. The van der Waals surface area contributed by atoms with Crippen LogP contribution in [-0.2, 0) is 30.5 Å².